The molecule has 0 aromatic carbocycles. The quantitative estimate of drug-likeness (QED) is 0.684. The van der Waals surface area contributed by atoms with Gasteiger partial charge in [-0.05, 0) is 12.8 Å². The number of aliphatic hydroxyl groups excluding tert-OH is 2. The van der Waals surface area contributed by atoms with Gasteiger partial charge >= 0.3 is 0 Å². The van der Waals surface area contributed by atoms with Gasteiger partial charge in [-0.25, -0.2) is 0 Å². The molecule has 1 fully saturated rings. The highest BCUT2D eigenvalue weighted by Gasteiger charge is 2.38. The topological polar surface area (TPSA) is 87.8 Å². The lowest BCUT2D eigenvalue weighted by Crippen LogP contribution is -2.53. The van der Waals surface area contributed by atoms with Gasteiger partial charge in [-0.3, -0.25) is 9.69 Å². The molecule has 0 aromatic heterocycles. The normalized spacial score (nSPS) is 17.8. The Labute approximate surface area is 120 Å². The monoisotopic (exact) mass is 283 g/mol. The van der Waals surface area contributed by atoms with Crippen LogP contribution in [-0.2, 0) is 4.79 Å². The van der Waals surface area contributed by atoms with Crippen molar-refractivity contribution in [1.82, 2.24) is 9.80 Å². The molecule has 0 unspecified atom stereocenters. The first kappa shape index (κ1) is 16.9. The maximum absolute atomic E-state index is 12.3. The number of carbonyl (C=O) groups is 1. The molecule has 0 spiro atoms. The Morgan fingerprint density at radius 1 is 1.20 bits per heavy atom. The Morgan fingerprint density at radius 3 is 2.20 bits per heavy atom. The van der Waals surface area contributed by atoms with Gasteiger partial charge in [0.1, 0.15) is 5.54 Å². The molecule has 1 rings (SSSR count). The second-order valence-electron chi connectivity index (χ2n) is 5.38. The van der Waals surface area contributed by atoms with Gasteiger partial charge in [0.2, 0.25) is 5.91 Å². The second-order valence-corrected chi connectivity index (χ2v) is 5.38. The largest absolute Gasteiger partial charge is 0.395 e. The minimum atomic E-state index is -0.681. The number of hydrogen-bond acceptors (Lipinski definition) is 5. The van der Waals surface area contributed by atoms with E-state index in [0.29, 0.717) is 13.1 Å². The first-order valence-electron chi connectivity index (χ1n) is 7.21. The third-order valence-corrected chi connectivity index (χ3v) is 4.10. The van der Waals surface area contributed by atoms with E-state index in [0.717, 1.165) is 32.1 Å². The van der Waals surface area contributed by atoms with E-state index in [1.54, 1.807) is 16.8 Å². The van der Waals surface area contributed by atoms with Gasteiger partial charge in [0.15, 0.2) is 0 Å². The third kappa shape index (κ3) is 4.17. The second kappa shape index (κ2) is 8.20. The van der Waals surface area contributed by atoms with Crippen LogP contribution in [0.15, 0.2) is 0 Å². The predicted molar refractivity (Wildman–Crippen MR) is 74.8 cm³/mol. The molecule has 1 amide bonds. The molecule has 0 aromatic rings. The number of nitriles is 1. The first-order valence-corrected chi connectivity index (χ1v) is 7.21. The number of nitrogens with zero attached hydrogens (tertiary/aromatic N) is 3. The van der Waals surface area contributed by atoms with Crippen LogP contribution in [0.1, 0.15) is 32.1 Å². The molecule has 2 N–H and O–H groups in total. The van der Waals surface area contributed by atoms with Gasteiger partial charge < -0.3 is 15.1 Å². The molecule has 114 valence electrons. The summed E-state index contributed by atoms with van der Waals surface area (Å²) in [4.78, 5) is 15.6. The molecular weight excluding hydrogens is 258 g/mol. The van der Waals surface area contributed by atoms with Crippen molar-refractivity contribution < 1.29 is 15.0 Å². The number of hydrogen-bond donors (Lipinski definition) is 2. The average Bonchev–Trinajstić information content (AvgIpc) is 2.47. The van der Waals surface area contributed by atoms with Crippen LogP contribution < -0.4 is 0 Å². The summed E-state index contributed by atoms with van der Waals surface area (Å²) < 4.78 is 0. The maximum Gasteiger partial charge on any atom is 0.237 e. The number of aliphatic hydroxyl groups is 2. The molecule has 1 saturated carbocycles. The molecular formula is C14H25N3O3. The fourth-order valence-electron chi connectivity index (χ4n) is 2.75. The minimum absolute atomic E-state index is 0.0552. The summed E-state index contributed by atoms with van der Waals surface area (Å²) in [7, 11) is 1.69. The molecule has 6 heteroatoms. The number of likely N-dealkylation sites (N-methyl/N-ethyl adjacent to an activating group) is 1. The Bertz CT molecular complexity index is 342. The molecule has 0 heterocycles. The SMILES string of the molecule is CN(C(=O)CN(CCO)CCO)C1(C#N)CCCCC1. The summed E-state index contributed by atoms with van der Waals surface area (Å²) in [5.74, 6) is -0.129. The summed E-state index contributed by atoms with van der Waals surface area (Å²) in [5.41, 5.74) is -0.681. The first-order chi connectivity index (χ1) is 9.59. The van der Waals surface area contributed by atoms with Gasteiger partial charge in [0, 0.05) is 20.1 Å². The van der Waals surface area contributed by atoms with Gasteiger partial charge in [-0.2, -0.15) is 5.26 Å². The van der Waals surface area contributed by atoms with Crippen LogP contribution in [0.3, 0.4) is 0 Å². The molecule has 1 aliphatic rings. The van der Waals surface area contributed by atoms with Crippen LogP contribution in [0.25, 0.3) is 0 Å². The van der Waals surface area contributed by atoms with E-state index >= 15 is 0 Å². The molecule has 20 heavy (non-hydrogen) atoms. The summed E-state index contributed by atoms with van der Waals surface area (Å²) in [6.07, 6.45) is 4.52. The van der Waals surface area contributed by atoms with E-state index < -0.39 is 5.54 Å². The predicted octanol–water partition coefficient (Wildman–Crippen LogP) is -0.0421. The number of rotatable bonds is 7. The third-order valence-electron chi connectivity index (χ3n) is 4.10. The summed E-state index contributed by atoms with van der Waals surface area (Å²) in [6, 6.07) is 2.32. The van der Waals surface area contributed by atoms with Crippen molar-refractivity contribution in [3.05, 3.63) is 0 Å². The van der Waals surface area contributed by atoms with Crippen molar-refractivity contribution in [3.8, 4) is 6.07 Å². The Morgan fingerprint density at radius 2 is 1.75 bits per heavy atom. The summed E-state index contributed by atoms with van der Waals surface area (Å²) in [5, 5.41) is 27.4. The fraction of sp³-hybridized carbons (Fsp3) is 0.857. The molecule has 0 atom stereocenters. The molecule has 6 nitrogen and oxygen atoms in total. The van der Waals surface area contributed by atoms with E-state index in [2.05, 4.69) is 6.07 Å². The highest BCUT2D eigenvalue weighted by Crippen LogP contribution is 2.32. The minimum Gasteiger partial charge on any atom is -0.395 e. The molecule has 0 saturated heterocycles. The summed E-state index contributed by atoms with van der Waals surface area (Å²) in [6.45, 7) is 0.710. The zero-order valence-corrected chi connectivity index (χ0v) is 12.2. The van der Waals surface area contributed by atoms with Crippen molar-refractivity contribution in [1.29, 1.82) is 5.26 Å². The zero-order chi connectivity index (χ0) is 15.0. The molecule has 0 radical (unpaired) electrons. The van der Waals surface area contributed by atoms with Crippen LogP contribution >= 0.6 is 0 Å². The standard InChI is InChI=1S/C14H25N3O3/c1-16(14(12-15)5-3-2-4-6-14)13(20)11-17(7-9-18)8-10-19/h18-19H,2-11H2,1H3. The van der Waals surface area contributed by atoms with E-state index in [-0.39, 0.29) is 25.7 Å². The zero-order valence-electron chi connectivity index (χ0n) is 12.2. The lowest BCUT2D eigenvalue weighted by molar-refractivity contribution is -0.136. The van der Waals surface area contributed by atoms with Crippen LogP contribution in [0.4, 0.5) is 0 Å². The lowest BCUT2D eigenvalue weighted by Gasteiger charge is -2.39. The average molecular weight is 283 g/mol. The van der Waals surface area contributed by atoms with Crippen molar-refractivity contribution in [2.75, 3.05) is 39.9 Å². The van der Waals surface area contributed by atoms with Gasteiger partial charge in [-0.1, -0.05) is 19.3 Å². The smallest absolute Gasteiger partial charge is 0.237 e. The van der Waals surface area contributed by atoms with Crippen LogP contribution in [0, 0.1) is 11.3 Å². The maximum atomic E-state index is 12.3. The molecule has 0 aliphatic heterocycles. The van der Waals surface area contributed by atoms with Crippen molar-refractivity contribution in [2.45, 2.75) is 37.6 Å². The van der Waals surface area contributed by atoms with E-state index in [4.69, 9.17) is 10.2 Å². The fourth-order valence-corrected chi connectivity index (χ4v) is 2.75. The highest BCUT2D eigenvalue weighted by molar-refractivity contribution is 5.79. The van der Waals surface area contributed by atoms with Crippen molar-refractivity contribution >= 4 is 5.91 Å². The highest BCUT2D eigenvalue weighted by atomic mass is 16.3. The van der Waals surface area contributed by atoms with Crippen molar-refractivity contribution in [3.63, 3.8) is 0 Å². The number of amides is 1. The Balaban J connectivity index is 2.66. The molecule has 1 aliphatic carbocycles. The van der Waals surface area contributed by atoms with E-state index in [9.17, 15) is 10.1 Å². The Kier molecular flexibility index (Phi) is 6.93. The van der Waals surface area contributed by atoms with Gasteiger partial charge in [-0.15, -0.1) is 0 Å². The van der Waals surface area contributed by atoms with Gasteiger partial charge in [0.05, 0.1) is 25.8 Å². The molecule has 0 bridgehead atoms. The van der Waals surface area contributed by atoms with Crippen LogP contribution in [0.5, 0.6) is 0 Å². The van der Waals surface area contributed by atoms with Crippen LogP contribution in [-0.4, -0.2) is 71.4 Å². The van der Waals surface area contributed by atoms with Crippen LogP contribution in [0.2, 0.25) is 0 Å². The van der Waals surface area contributed by atoms with E-state index in [1.807, 2.05) is 0 Å². The van der Waals surface area contributed by atoms with Crippen molar-refractivity contribution in [2.24, 2.45) is 0 Å². The lowest BCUT2D eigenvalue weighted by atomic mass is 9.81. The number of carbonyl (C=O) groups excluding carboxylic acids is 1. The Hall–Kier alpha value is -1.16. The summed E-state index contributed by atoms with van der Waals surface area (Å²) >= 11 is 0. The van der Waals surface area contributed by atoms with E-state index in [1.165, 1.54) is 0 Å². The van der Waals surface area contributed by atoms with Gasteiger partial charge in [0.25, 0.3) is 0 Å².